The highest BCUT2D eigenvalue weighted by molar-refractivity contribution is 8.26. The molecule has 11 heteroatoms. The number of alkyl halides is 1. The van der Waals surface area contributed by atoms with Gasteiger partial charge in [0.05, 0.1) is 10.8 Å². The largest absolute Gasteiger partial charge is 0.484 e. The van der Waals surface area contributed by atoms with Gasteiger partial charge in [-0.25, -0.2) is 0 Å². The number of ether oxygens (including phenoxy) is 1. The van der Waals surface area contributed by atoms with Gasteiger partial charge in [-0.15, -0.1) is 21.8 Å². The van der Waals surface area contributed by atoms with E-state index in [4.69, 9.17) is 28.6 Å². The van der Waals surface area contributed by atoms with Crippen molar-refractivity contribution in [3.8, 4) is 5.75 Å². The number of rotatable bonds is 6. The van der Waals surface area contributed by atoms with Gasteiger partial charge in [-0.2, -0.15) is 0 Å². The zero-order chi connectivity index (χ0) is 19.4. The van der Waals surface area contributed by atoms with Crippen LogP contribution >= 0.6 is 46.9 Å². The van der Waals surface area contributed by atoms with Crippen LogP contribution in [-0.4, -0.2) is 44.9 Å². The monoisotopic (exact) mass is 440 g/mol. The van der Waals surface area contributed by atoms with E-state index in [1.54, 1.807) is 37.4 Å². The van der Waals surface area contributed by atoms with Crippen LogP contribution in [0.2, 0.25) is 0 Å². The second-order valence-electron chi connectivity index (χ2n) is 5.28. The molecule has 1 fully saturated rings. The van der Waals surface area contributed by atoms with Gasteiger partial charge in [-0.05, 0) is 23.8 Å². The lowest BCUT2D eigenvalue weighted by atomic mass is 10.2. The minimum absolute atomic E-state index is 0.115. The Morgan fingerprint density at radius 1 is 1.37 bits per heavy atom. The molecule has 1 aliphatic heterocycles. The van der Waals surface area contributed by atoms with E-state index in [1.807, 2.05) is 0 Å². The molecule has 2 heterocycles. The lowest BCUT2D eigenvalue weighted by Crippen LogP contribution is -2.22. The van der Waals surface area contributed by atoms with Crippen molar-refractivity contribution < 1.29 is 14.3 Å². The van der Waals surface area contributed by atoms with E-state index in [-0.39, 0.29) is 24.3 Å². The number of halogens is 1. The van der Waals surface area contributed by atoms with Crippen LogP contribution in [0.25, 0.3) is 6.08 Å². The lowest BCUT2D eigenvalue weighted by Gasteiger charge is -2.06. The van der Waals surface area contributed by atoms with E-state index in [2.05, 4.69) is 15.5 Å². The number of thiocarbonyl (C=S) groups is 1. The summed E-state index contributed by atoms with van der Waals surface area (Å²) in [5, 5.41) is 11.2. The SMILES string of the molecule is CN1C(=O)/C(=C/c2ccc(OCC(=O)Nc3nnc(CCl)s3)cc2)SC1=S. The normalized spacial score (nSPS) is 15.5. The molecule has 1 N–H and O–H groups in total. The third-order valence-corrected chi connectivity index (χ3v) is 6.10. The highest BCUT2D eigenvalue weighted by Gasteiger charge is 2.28. The first kappa shape index (κ1) is 19.7. The van der Waals surface area contributed by atoms with Crippen molar-refractivity contribution in [3.63, 3.8) is 0 Å². The summed E-state index contributed by atoms with van der Waals surface area (Å²) < 4.78 is 5.98. The third-order valence-electron chi connectivity index (χ3n) is 3.36. The first-order valence-electron chi connectivity index (χ1n) is 7.59. The molecule has 1 aromatic carbocycles. The van der Waals surface area contributed by atoms with Crippen LogP contribution in [-0.2, 0) is 15.5 Å². The summed E-state index contributed by atoms with van der Waals surface area (Å²) in [5.74, 6) is 0.321. The van der Waals surface area contributed by atoms with Crippen molar-refractivity contribution in [3.05, 3.63) is 39.7 Å². The first-order chi connectivity index (χ1) is 13.0. The Hall–Kier alpha value is -2.01. The van der Waals surface area contributed by atoms with Gasteiger partial charge in [-0.1, -0.05) is 47.4 Å². The Morgan fingerprint density at radius 3 is 2.70 bits per heavy atom. The molecule has 0 aliphatic carbocycles. The number of nitrogens with one attached hydrogen (secondary N) is 1. The topological polar surface area (TPSA) is 84.4 Å². The van der Waals surface area contributed by atoms with Gasteiger partial charge in [0, 0.05) is 7.05 Å². The number of likely N-dealkylation sites (N-methyl/N-ethyl adjacent to an activating group) is 1. The van der Waals surface area contributed by atoms with Crippen LogP contribution in [0.5, 0.6) is 5.75 Å². The fourth-order valence-corrected chi connectivity index (χ4v) is 4.02. The minimum Gasteiger partial charge on any atom is -0.484 e. The van der Waals surface area contributed by atoms with Gasteiger partial charge >= 0.3 is 0 Å². The molecular formula is C16H13ClN4O3S3. The molecule has 0 spiro atoms. The quantitative estimate of drug-likeness (QED) is 0.419. The highest BCUT2D eigenvalue weighted by atomic mass is 35.5. The van der Waals surface area contributed by atoms with Crippen LogP contribution in [0.4, 0.5) is 5.13 Å². The highest BCUT2D eigenvalue weighted by Crippen LogP contribution is 2.31. The fourth-order valence-electron chi connectivity index (χ4n) is 2.02. The smallest absolute Gasteiger partial charge is 0.265 e. The van der Waals surface area contributed by atoms with Gasteiger partial charge < -0.3 is 4.74 Å². The molecule has 0 radical (unpaired) electrons. The summed E-state index contributed by atoms with van der Waals surface area (Å²) in [4.78, 5) is 25.9. The molecular weight excluding hydrogens is 428 g/mol. The Morgan fingerprint density at radius 2 is 2.11 bits per heavy atom. The fraction of sp³-hybridized carbons (Fsp3) is 0.188. The van der Waals surface area contributed by atoms with E-state index in [9.17, 15) is 9.59 Å². The standard InChI is InChI=1S/C16H13ClN4O3S3/c1-21-14(23)11(26-16(21)25)6-9-2-4-10(5-3-9)24-8-12(22)18-15-20-19-13(7-17)27-15/h2-6H,7-8H2,1H3,(H,18,20,22)/b11-6-. The lowest BCUT2D eigenvalue weighted by molar-refractivity contribution is -0.121. The molecule has 27 heavy (non-hydrogen) atoms. The average molecular weight is 441 g/mol. The van der Waals surface area contributed by atoms with Crippen LogP contribution < -0.4 is 10.1 Å². The molecule has 1 saturated heterocycles. The van der Waals surface area contributed by atoms with Gasteiger partial charge in [0.15, 0.2) is 6.61 Å². The molecule has 1 aromatic heterocycles. The number of carbonyl (C=O) groups excluding carboxylic acids is 2. The zero-order valence-electron chi connectivity index (χ0n) is 14.0. The number of benzene rings is 1. The van der Waals surface area contributed by atoms with Crippen LogP contribution in [0, 0.1) is 0 Å². The summed E-state index contributed by atoms with van der Waals surface area (Å²) in [7, 11) is 1.65. The average Bonchev–Trinajstić information content (AvgIpc) is 3.21. The van der Waals surface area contributed by atoms with Crippen molar-refractivity contribution in [1.29, 1.82) is 0 Å². The van der Waals surface area contributed by atoms with Crippen molar-refractivity contribution in [2.45, 2.75) is 5.88 Å². The molecule has 2 amide bonds. The number of hydrogen-bond donors (Lipinski definition) is 1. The molecule has 0 saturated carbocycles. The van der Waals surface area contributed by atoms with Gasteiger partial charge in [0.1, 0.15) is 15.1 Å². The van der Waals surface area contributed by atoms with E-state index in [0.29, 0.717) is 25.1 Å². The first-order valence-corrected chi connectivity index (χ1v) is 10.2. The Bertz CT molecular complexity index is 914. The van der Waals surface area contributed by atoms with Crippen molar-refractivity contribution in [2.24, 2.45) is 0 Å². The number of thioether (sulfide) groups is 1. The van der Waals surface area contributed by atoms with Gasteiger partial charge in [0.2, 0.25) is 5.13 Å². The van der Waals surface area contributed by atoms with E-state index in [0.717, 1.165) is 5.56 Å². The maximum Gasteiger partial charge on any atom is 0.265 e. The molecule has 140 valence electrons. The number of hydrogen-bond acceptors (Lipinski definition) is 8. The summed E-state index contributed by atoms with van der Waals surface area (Å²) >= 11 is 13.2. The number of amides is 2. The summed E-state index contributed by atoms with van der Waals surface area (Å²) in [6, 6.07) is 7.05. The number of aromatic nitrogens is 2. The van der Waals surface area contributed by atoms with Gasteiger partial charge in [-0.3, -0.25) is 19.8 Å². The zero-order valence-corrected chi connectivity index (χ0v) is 17.2. The molecule has 0 unspecified atom stereocenters. The van der Waals surface area contributed by atoms with Crippen molar-refractivity contribution >= 4 is 74.3 Å². The number of nitrogens with zero attached hydrogens (tertiary/aromatic N) is 3. The third kappa shape index (κ3) is 5.04. The molecule has 0 bridgehead atoms. The Labute approximate surface area is 173 Å². The van der Waals surface area contributed by atoms with Crippen molar-refractivity contribution in [1.82, 2.24) is 15.1 Å². The van der Waals surface area contributed by atoms with E-state index >= 15 is 0 Å². The maximum atomic E-state index is 12.0. The van der Waals surface area contributed by atoms with E-state index in [1.165, 1.54) is 28.0 Å². The molecule has 0 atom stereocenters. The second-order valence-corrected chi connectivity index (χ2v) is 8.29. The Balaban J connectivity index is 1.54. The second kappa shape index (κ2) is 8.79. The minimum atomic E-state index is -0.344. The summed E-state index contributed by atoms with van der Waals surface area (Å²) in [5.41, 5.74) is 0.836. The van der Waals surface area contributed by atoms with Gasteiger partial charge in [0.25, 0.3) is 11.8 Å². The van der Waals surface area contributed by atoms with Crippen LogP contribution in [0.3, 0.4) is 0 Å². The van der Waals surface area contributed by atoms with Crippen molar-refractivity contribution in [2.75, 3.05) is 19.0 Å². The van der Waals surface area contributed by atoms with Crippen LogP contribution in [0.15, 0.2) is 29.2 Å². The van der Waals surface area contributed by atoms with E-state index < -0.39 is 0 Å². The van der Waals surface area contributed by atoms with Crippen LogP contribution in [0.1, 0.15) is 10.6 Å². The molecule has 3 rings (SSSR count). The summed E-state index contributed by atoms with van der Waals surface area (Å²) in [6.07, 6.45) is 1.77. The molecule has 7 nitrogen and oxygen atoms in total. The number of anilines is 1. The Kier molecular flexibility index (Phi) is 6.42. The number of carbonyl (C=O) groups is 2. The maximum absolute atomic E-state index is 12.0. The molecule has 2 aromatic rings. The summed E-state index contributed by atoms with van der Waals surface area (Å²) in [6.45, 7) is -0.163. The predicted octanol–water partition coefficient (Wildman–Crippen LogP) is 3.13. The molecule has 1 aliphatic rings. The predicted molar refractivity (Wildman–Crippen MR) is 111 cm³/mol.